The van der Waals surface area contributed by atoms with Gasteiger partial charge in [-0.25, -0.2) is 0 Å². The highest BCUT2D eigenvalue weighted by Gasteiger charge is 2.23. The van der Waals surface area contributed by atoms with E-state index in [1.165, 1.54) is 0 Å². The standard InChI is InChI=1S/C15H26N2O/c1-4-9-15(18)14(5-2)17(6-3)12-13-10-7-8-11-16-13/h7-8,10-11,14-15,18H,4-6,9,12H2,1-3H3. The molecule has 102 valence electrons. The molecule has 1 aromatic heterocycles. The first kappa shape index (κ1) is 15.1. The van der Waals surface area contributed by atoms with Crippen molar-refractivity contribution in [1.29, 1.82) is 0 Å². The van der Waals surface area contributed by atoms with Gasteiger partial charge in [-0.15, -0.1) is 0 Å². The number of hydrogen-bond donors (Lipinski definition) is 1. The van der Waals surface area contributed by atoms with Gasteiger partial charge in [0.25, 0.3) is 0 Å². The molecule has 0 spiro atoms. The number of hydrogen-bond acceptors (Lipinski definition) is 3. The topological polar surface area (TPSA) is 36.4 Å². The summed E-state index contributed by atoms with van der Waals surface area (Å²) >= 11 is 0. The second-order valence-electron chi connectivity index (χ2n) is 4.72. The quantitative estimate of drug-likeness (QED) is 0.770. The van der Waals surface area contributed by atoms with Crippen LogP contribution in [0.4, 0.5) is 0 Å². The van der Waals surface area contributed by atoms with Crippen LogP contribution in [0.15, 0.2) is 24.4 Å². The van der Waals surface area contributed by atoms with E-state index in [2.05, 4.69) is 30.7 Å². The molecule has 0 aromatic carbocycles. The molecule has 18 heavy (non-hydrogen) atoms. The zero-order valence-corrected chi connectivity index (χ0v) is 11.8. The van der Waals surface area contributed by atoms with E-state index >= 15 is 0 Å². The van der Waals surface area contributed by atoms with Gasteiger partial charge in [0.05, 0.1) is 11.8 Å². The van der Waals surface area contributed by atoms with Crippen molar-refractivity contribution in [2.45, 2.75) is 58.7 Å². The molecule has 3 heteroatoms. The molecule has 0 radical (unpaired) electrons. The Balaban J connectivity index is 2.68. The molecule has 2 atom stereocenters. The molecule has 1 N–H and O–H groups in total. The fourth-order valence-corrected chi connectivity index (χ4v) is 2.43. The van der Waals surface area contributed by atoms with Gasteiger partial charge >= 0.3 is 0 Å². The monoisotopic (exact) mass is 250 g/mol. The number of aromatic nitrogens is 1. The molecule has 0 fully saturated rings. The Hall–Kier alpha value is -0.930. The molecular weight excluding hydrogens is 224 g/mol. The average molecular weight is 250 g/mol. The normalized spacial score (nSPS) is 14.7. The summed E-state index contributed by atoms with van der Waals surface area (Å²) in [5, 5.41) is 10.2. The fourth-order valence-electron chi connectivity index (χ4n) is 2.43. The van der Waals surface area contributed by atoms with E-state index in [0.29, 0.717) is 0 Å². The van der Waals surface area contributed by atoms with Gasteiger partial charge in [-0.1, -0.05) is 33.3 Å². The van der Waals surface area contributed by atoms with Crippen LogP contribution in [0.3, 0.4) is 0 Å². The van der Waals surface area contributed by atoms with Crippen molar-refractivity contribution >= 4 is 0 Å². The van der Waals surface area contributed by atoms with Gasteiger partial charge in [0.15, 0.2) is 0 Å². The Morgan fingerprint density at radius 2 is 2.06 bits per heavy atom. The molecule has 1 heterocycles. The summed E-state index contributed by atoms with van der Waals surface area (Å²) < 4.78 is 0. The lowest BCUT2D eigenvalue weighted by Gasteiger charge is -2.33. The molecule has 3 nitrogen and oxygen atoms in total. The summed E-state index contributed by atoms with van der Waals surface area (Å²) in [5.74, 6) is 0. The maximum Gasteiger partial charge on any atom is 0.0695 e. The minimum atomic E-state index is -0.233. The highest BCUT2D eigenvalue weighted by Crippen LogP contribution is 2.15. The van der Waals surface area contributed by atoms with Crippen LogP contribution in [0.5, 0.6) is 0 Å². The second kappa shape index (κ2) is 8.22. The number of aliphatic hydroxyl groups is 1. The van der Waals surface area contributed by atoms with Crippen molar-refractivity contribution in [2.75, 3.05) is 6.54 Å². The zero-order valence-electron chi connectivity index (χ0n) is 11.8. The Bertz CT molecular complexity index is 316. The van der Waals surface area contributed by atoms with Crippen LogP contribution in [-0.4, -0.2) is 33.7 Å². The maximum absolute atomic E-state index is 10.2. The first-order valence-electron chi connectivity index (χ1n) is 7.04. The molecular formula is C15H26N2O. The van der Waals surface area contributed by atoms with Gasteiger partial charge in [-0.3, -0.25) is 9.88 Å². The average Bonchev–Trinajstić information content (AvgIpc) is 2.40. The van der Waals surface area contributed by atoms with Crippen molar-refractivity contribution in [1.82, 2.24) is 9.88 Å². The molecule has 1 aromatic rings. The second-order valence-corrected chi connectivity index (χ2v) is 4.72. The first-order valence-corrected chi connectivity index (χ1v) is 7.04. The van der Waals surface area contributed by atoms with Gasteiger partial charge in [0.1, 0.15) is 0 Å². The lowest BCUT2D eigenvalue weighted by atomic mass is 10.0. The summed E-state index contributed by atoms with van der Waals surface area (Å²) in [6.07, 6.45) is 4.47. The van der Waals surface area contributed by atoms with Gasteiger partial charge in [0, 0.05) is 18.8 Å². The third-order valence-corrected chi connectivity index (χ3v) is 3.41. The van der Waals surface area contributed by atoms with Crippen LogP contribution in [0.2, 0.25) is 0 Å². The molecule has 0 aliphatic rings. The van der Waals surface area contributed by atoms with Crippen molar-refractivity contribution < 1.29 is 5.11 Å². The van der Waals surface area contributed by atoms with E-state index in [4.69, 9.17) is 0 Å². The molecule has 0 bridgehead atoms. The third kappa shape index (κ3) is 4.39. The predicted molar refractivity (Wildman–Crippen MR) is 75.3 cm³/mol. The summed E-state index contributed by atoms with van der Waals surface area (Å²) in [7, 11) is 0. The molecule has 0 amide bonds. The minimum Gasteiger partial charge on any atom is -0.391 e. The van der Waals surface area contributed by atoms with Crippen LogP contribution in [-0.2, 0) is 6.54 Å². The summed E-state index contributed by atoms with van der Waals surface area (Å²) in [6.45, 7) is 8.16. The smallest absolute Gasteiger partial charge is 0.0695 e. The molecule has 2 unspecified atom stereocenters. The lowest BCUT2D eigenvalue weighted by Crippen LogP contribution is -2.42. The van der Waals surface area contributed by atoms with Crippen molar-refractivity contribution in [3.8, 4) is 0 Å². The van der Waals surface area contributed by atoms with Crippen LogP contribution in [0.1, 0.15) is 45.7 Å². The largest absolute Gasteiger partial charge is 0.391 e. The number of aliphatic hydroxyl groups excluding tert-OH is 1. The number of pyridine rings is 1. The van der Waals surface area contributed by atoms with E-state index in [1.807, 2.05) is 24.4 Å². The van der Waals surface area contributed by atoms with Gasteiger partial charge < -0.3 is 5.11 Å². The summed E-state index contributed by atoms with van der Waals surface area (Å²) in [6, 6.07) is 6.22. The zero-order chi connectivity index (χ0) is 13.4. The molecule has 0 aliphatic carbocycles. The van der Waals surface area contributed by atoms with Crippen LogP contribution < -0.4 is 0 Å². The molecule has 0 aliphatic heterocycles. The predicted octanol–water partition coefficient (Wildman–Crippen LogP) is 2.84. The molecule has 0 saturated heterocycles. The van der Waals surface area contributed by atoms with E-state index in [1.54, 1.807) is 0 Å². The summed E-state index contributed by atoms with van der Waals surface area (Å²) in [5.41, 5.74) is 1.07. The molecule has 0 saturated carbocycles. The van der Waals surface area contributed by atoms with E-state index in [-0.39, 0.29) is 12.1 Å². The Labute approximate surface area is 111 Å². The van der Waals surface area contributed by atoms with Crippen molar-refractivity contribution in [2.24, 2.45) is 0 Å². The van der Waals surface area contributed by atoms with Gasteiger partial charge in [-0.05, 0) is 31.5 Å². The Kier molecular flexibility index (Phi) is 6.91. The first-order chi connectivity index (χ1) is 8.72. The van der Waals surface area contributed by atoms with Crippen LogP contribution in [0, 0.1) is 0 Å². The number of likely N-dealkylation sites (N-methyl/N-ethyl adjacent to an activating group) is 1. The number of nitrogens with zero attached hydrogens (tertiary/aromatic N) is 2. The van der Waals surface area contributed by atoms with Crippen LogP contribution >= 0.6 is 0 Å². The van der Waals surface area contributed by atoms with Crippen molar-refractivity contribution in [3.05, 3.63) is 30.1 Å². The highest BCUT2D eigenvalue weighted by molar-refractivity contribution is 5.03. The van der Waals surface area contributed by atoms with Gasteiger partial charge in [0.2, 0.25) is 0 Å². The Morgan fingerprint density at radius 3 is 2.56 bits per heavy atom. The third-order valence-electron chi connectivity index (χ3n) is 3.41. The maximum atomic E-state index is 10.2. The summed E-state index contributed by atoms with van der Waals surface area (Å²) in [4.78, 5) is 6.69. The van der Waals surface area contributed by atoms with Crippen molar-refractivity contribution in [3.63, 3.8) is 0 Å². The number of rotatable bonds is 8. The van der Waals surface area contributed by atoms with Gasteiger partial charge in [-0.2, -0.15) is 0 Å². The minimum absolute atomic E-state index is 0.233. The SMILES string of the molecule is CCCC(O)C(CC)N(CC)Cc1ccccn1. The van der Waals surface area contributed by atoms with E-state index < -0.39 is 0 Å². The lowest BCUT2D eigenvalue weighted by molar-refractivity contribution is 0.0384. The van der Waals surface area contributed by atoms with Crippen LogP contribution in [0.25, 0.3) is 0 Å². The van der Waals surface area contributed by atoms with E-state index in [9.17, 15) is 5.11 Å². The fraction of sp³-hybridized carbons (Fsp3) is 0.667. The molecule has 1 rings (SSSR count). The Morgan fingerprint density at radius 1 is 1.28 bits per heavy atom. The highest BCUT2D eigenvalue weighted by atomic mass is 16.3. The van der Waals surface area contributed by atoms with E-state index in [0.717, 1.165) is 38.0 Å².